The van der Waals surface area contributed by atoms with E-state index in [0.717, 1.165) is 25.9 Å². The van der Waals surface area contributed by atoms with E-state index >= 15 is 0 Å². The number of hydrogen-bond donors (Lipinski definition) is 0. The monoisotopic (exact) mass is 234 g/mol. The molecule has 1 fully saturated rings. The zero-order valence-corrected chi connectivity index (χ0v) is 10.9. The molecule has 3 heteroatoms. The minimum Gasteiger partial charge on any atom is -0.339 e. The van der Waals surface area contributed by atoms with Crippen molar-refractivity contribution in [3.63, 3.8) is 0 Å². The smallest absolute Gasteiger partial charge is 0.253 e. The van der Waals surface area contributed by atoms with Gasteiger partial charge in [0.1, 0.15) is 0 Å². The van der Waals surface area contributed by atoms with Crippen LogP contribution in [0.25, 0.3) is 0 Å². The van der Waals surface area contributed by atoms with Gasteiger partial charge in [-0.2, -0.15) is 0 Å². The third kappa shape index (κ3) is 3.56. The molecular weight excluding hydrogens is 212 g/mol. The summed E-state index contributed by atoms with van der Waals surface area (Å²) < 4.78 is 0. The van der Waals surface area contributed by atoms with Gasteiger partial charge in [-0.1, -0.05) is 31.4 Å². The largest absolute Gasteiger partial charge is 0.339 e. The second kappa shape index (κ2) is 6.40. The molecule has 1 aliphatic rings. The molecule has 1 rings (SSSR count). The van der Waals surface area contributed by atoms with Crippen LogP contribution in [0.4, 0.5) is 0 Å². The van der Waals surface area contributed by atoms with Crippen LogP contribution in [-0.4, -0.2) is 48.9 Å². The van der Waals surface area contributed by atoms with Crippen molar-refractivity contribution >= 4 is 5.91 Å². The van der Waals surface area contributed by atoms with E-state index in [2.05, 4.69) is 25.1 Å². The Hall–Kier alpha value is -1.35. The Balaban J connectivity index is 2.65. The molecule has 17 heavy (non-hydrogen) atoms. The maximum absolute atomic E-state index is 12.2. The SMILES string of the molecule is C=C/C=C(\C=C)C(=O)N(C)C1CCN(C)CC1. The lowest BCUT2D eigenvalue weighted by Gasteiger charge is -2.35. The highest BCUT2D eigenvalue weighted by Crippen LogP contribution is 2.16. The molecule has 1 saturated heterocycles. The first kappa shape index (κ1) is 13.7. The Bertz CT molecular complexity index is 325. The van der Waals surface area contributed by atoms with Crippen molar-refractivity contribution in [3.05, 3.63) is 37.0 Å². The third-order valence-electron chi connectivity index (χ3n) is 3.32. The number of nitrogens with zero attached hydrogens (tertiary/aromatic N) is 2. The second-order valence-corrected chi connectivity index (χ2v) is 4.51. The molecule has 0 saturated carbocycles. The Kier molecular flexibility index (Phi) is 5.16. The van der Waals surface area contributed by atoms with E-state index in [4.69, 9.17) is 0 Å². The number of piperidine rings is 1. The fourth-order valence-electron chi connectivity index (χ4n) is 2.11. The van der Waals surface area contributed by atoms with Crippen LogP contribution in [0.5, 0.6) is 0 Å². The molecule has 0 N–H and O–H groups in total. The molecule has 0 aromatic rings. The minimum absolute atomic E-state index is 0.0365. The van der Waals surface area contributed by atoms with Crippen molar-refractivity contribution < 1.29 is 4.79 Å². The van der Waals surface area contributed by atoms with E-state index in [1.807, 2.05) is 11.9 Å². The van der Waals surface area contributed by atoms with Crippen molar-refractivity contribution in [1.82, 2.24) is 9.80 Å². The molecular formula is C14H22N2O. The topological polar surface area (TPSA) is 23.6 Å². The van der Waals surface area contributed by atoms with Crippen molar-refractivity contribution in [1.29, 1.82) is 0 Å². The average molecular weight is 234 g/mol. The maximum atomic E-state index is 12.2. The lowest BCUT2D eigenvalue weighted by Crippen LogP contribution is -2.44. The van der Waals surface area contributed by atoms with Gasteiger partial charge in [-0.25, -0.2) is 0 Å². The first-order valence-corrected chi connectivity index (χ1v) is 6.01. The number of carbonyl (C=O) groups is 1. The van der Waals surface area contributed by atoms with Crippen LogP contribution in [0.3, 0.4) is 0 Å². The zero-order valence-electron chi connectivity index (χ0n) is 10.9. The van der Waals surface area contributed by atoms with Gasteiger partial charge in [0.25, 0.3) is 5.91 Å². The van der Waals surface area contributed by atoms with Crippen LogP contribution in [0, 0.1) is 0 Å². The second-order valence-electron chi connectivity index (χ2n) is 4.51. The van der Waals surface area contributed by atoms with Gasteiger partial charge in [0.05, 0.1) is 0 Å². The van der Waals surface area contributed by atoms with Crippen LogP contribution >= 0.6 is 0 Å². The van der Waals surface area contributed by atoms with Gasteiger partial charge in [-0.15, -0.1) is 0 Å². The van der Waals surface area contributed by atoms with Gasteiger partial charge < -0.3 is 9.80 Å². The van der Waals surface area contributed by atoms with Gasteiger partial charge in [0, 0.05) is 18.7 Å². The average Bonchev–Trinajstić information content (AvgIpc) is 2.35. The summed E-state index contributed by atoms with van der Waals surface area (Å²) in [5.74, 6) is 0.0365. The summed E-state index contributed by atoms with van der Waals surface area (Å²) in [5, 5.41) is 0. The Morgan fingerprint density at radius 2 is 1.94 bits per heavy atom. The fourth-order valence-corrected chi connectivity index (χ4v) is 2.11. The van der Waals surface area contributed by atoms with Crippen LogP contribution in [-0.2, 0) is 4.79 Å². The third-order valence-corrected chi connectivity index (χ3v) is 3.32. The molecule has 0 bridgehead atoms. The highest BCUT2D eigenvalue weighted by atomic mass is 16.2. The molecule has 1 heterocycles. The summed E-state index contributed by atoms with van der Waals surface area (Å²) in [7, 11) is 3.99. The van der Waals surface area contributed by atoms with E-state index in [9.17, 15) is 4.79 Å². The molecule has 0 radical (unpaired) electrons. The molecule has 94 valence electrons. The summed E-state index contributed by atoms with van der Waals surface area (Å²) in [6, 6.07) is 0.340. The molecule has 0 aromatic carbocycles. The summed E-state index contributed by atoms with van der Waals surface area (Å²) in [6.45, 7) is 9.38. The number of allylic oxidation sites excluding steroid dienone is 2. The number of likely N-dealkylation sites (N-methyl/N-ethyl adjacent to an activating group) is 1. The van der Waals surface area contributed by atoms with Gasteiger partial charge >= 0.3 is 0 Å². The molecule has 0 aromatic heterocycles. The number of rotatable bonds is 4. The highest BCUT2D eigenvalue weighted by molar-refractivity contribution is 5.96. The number of likely N-dealkylation sites (tertiary alicyclic amines) is 1. The van der Waals surface area contributed by atoms with Crippen molar-refractivity contribution in [2.24, 2.45) is 0 Å². The normalized spacial score (nSPS) is 18.8. The predicted molar refractivity (Wildman–Crippen MR) is 71.8 cm³/mol. The summed E-state index contributed by atoms with van der Waals surface area (Å²) in [5.41, 5.74) is 0.612. The summed E-state index contributed by atoms with van der Waals surface area (Å²) >= 11 is 0. The Morgan fingerprint density at radius 1 is 1.35 bits per heavy atom. The van der Waals surface area contributed by atoms with E-state index in [1.165, 1.54) is 0 Å². The highest BCUT2D eigenvalue weighted by Gasteiger charge is 2.24. The summed E-state index contributed by atoms with van der Waals surface area (Å²) in [6.07, 6.45) is 7.00. The summed E-state index contributed by atoms with van der Waals surface area (Å²) in [4.78, 5) is 16.3. The van der Waals surface area contributed by atoms with Crippen molar-refractivity contribution in [2.45, 2.75) is 18.9 Å². The molecule has 0 atom stereocenters. The lowest BCUT2D eigenvalue weighted by molar-refractivity contribution is -0.128. The number of hydrogen-bond acceptors (Lipinski definition) is 2. The van der Waals surface area contributed by atoms with Crippen LogP contribution in [0.1, 0.15) is 12.8 Å². The Morgan fingerprint density at radius 3 is 2.41 bits per heavy atom. The van der Waals surface area contributed by atoms with Crippen LogP contribution in [0.15, 0.2) is 37.0 Å². The number of carbonyl (C=O) groups excluding carboxylic acids is 1. The molecule has 1 amide bonds. The molecule has 0 unspecified atom stereocenters. The van der Waals surface area contributed by atoms with Gasteiger partial charge in [0.2, 0.25) is 0 Å². The standard InChI is InChI=1S/C14H22N2O/c1-5-7-12(6-2)14(17)16(4)13-8-10-15(3)11-9-13/h5-7,13H,1-2,8-11H2,3-4H3/b12-7+. The first-order chi connectivity index (χ1) is 8.10. The lowest BCUT2D eigenvalue weighted by atomic mass is 10.0. The number of amides is 1. The van der Waals surface area contributed by atoms with Crippen molar-refractivity contribution in [2.75, 3.05) is 27.2 Å². The van der Waals surface area contributed by atoms with Gasteiger partial charge in [0.15, 0.2) is 0 Å². The van der Waals surface area contributed by atoms with E-state index in [1.54, 1.807) is 18.2 Å². The first-order valence-electron chi connectivity index (χ1n) is 6.01. The minimum atomic E-state index is 0.0365. The maximum Gasteiger partial charge on any atom is 0.253 e. The van der Waals surface area contributed by atoms with E-state index < -0.39 is 0 Å². The fraction of sp³-hybridized carbons (Fsp3) is 0.500. The molecule has 1 aliphatic heterocycles. The molecule has 3 nitrogen and oxygen atoms in total. The van der Waals surface area contributed by atoms with E-state index in [0.29, 0.717) is 11.6 Å². The van der Waals surface area contributed by atoms with Crippen LogP contribution < -0.4 is 0 Å². The van der Waals surface area contributed by atoms with Gasteiger partial charge in [-0.3, -0.25) is 4.79 Å². The quantitative estimate of drug-likeness (QED) is 0.547. The zero-order chi connectivity index (χ0) is 12.8. The Labute approximate surface area is 104 Å². The van der Waals surface area contributed by atoms with E-state index in [-0.39, 0.29) is 5.91 Å². The predicted octanol–water partition coefficient (Wildman–Crippen LogP) is 1.84. The van der Waals surface area contributed by atoms with Crippen LogP contribution in [0.2, 0.25) is 0 Å². The van der Waals surface area contributed by atoms with Crippen molar-refractivity contribution in [3.8, 4) is 0 Å². The molecule has 0 aliphatic carbocycles. The molecule has 0 spiro atoms. The van der Waals surface area contributed by atoms with Gasteiger partial charge in [-0.05, 0) is 33.0 Å².